The number of rotatable bonds is 6. The molecule has 0 unspecified atom stereocenters. The van der Waals surface area contributed by atoms with E-state index in [0.717, 1.165) is 31.4 Å². The molecule has 5 heteroatoms. The maximum Gasteiger partial charge on any atom is 0.411 e. The molecule has 26 heavy (non-hydrogen) atoms. The first-order valence-corrected chi connectivity index (χ1v) is 9.41. The van der Waals surface area contributed by atoms with Crippen molar-refractivity contribution in [1.29, 1.82) is 0 Å². The zero-order valence-electron chi connectivity index (χ0n) is 15.9. The number of hydrogen-bond acceptors (Lipinski definition) is 4. The molecule has 1 aromatic rings. The molecule has 1 fully saturated rings. The summed E-state index contributed by atoms with van der Waals surface area (Å²) in [6, 6.07) is 8.37. The van der Waals surface area contributed by atoms with Gasteiger partial charge in [0.25, 0.3) is 0 Å². The predicted molar refractivity (Wildman–Crippen MR) is 102 cm³/mol. The van der Waals surface area contributed by atoms with E-state index >= 15 is 0 Å². The number of benzene rings is 1. The molecular formula is C21H28N2O3. The predicted octanol–water partition coefficient (Wildman–Crippen LogP) is 3.88. The van der Waals surface area contributed by atoms with Gasteiger partial charge in [-0.1, -0.05) is 29.8 Å². The highest BCUT2D eigenvalue weighted by Gasteiger charge is 2.58. The van der Waals surface area contributed by atoms with Gasteiger partial charge in [0.1, 0.15) is 12.5 Å². The topological polar surface area (TPSA) is 49.9 Å². The van der Waals surface area contributed by atoms with E-state index in [-0.39, 0.29) is 17.7 Å². The number of likely N-dealkylation sites (tertiary alicyclic amines) is 1. The van der Waals surface area contributed by atoms with Crippen LogP contribution in [0.15, 0.2) is 35.9 Å². The molecule has 140 valence electrons. The molecule has 1 aromatic carbocycles. The number of allylic oxidation sites excluding steroid dienone is 1. The molecule has 0 spiro atoms. The fraction of sp³-hybridized carbons (Fsp3) is 0.524. The molecule has 0 bridgehead atoms. The summed E-state index contributed by atoms with van der Waals surface area (Å²) in [6.07, 6.45) is 4.91. The Balaban J connectivity index is 2.07. The molecule has 0 N–H and O–H groups in total. The van der Waals surface area contributed by atoms with Gasteiger partial charge in [-0.05, 0) is 45.2 Å². The summed E-state index contributed by atoms with van der Waals surface area (Å²) >= 11 is 0. The van der Waals surface area contributed by atoms with Gasteiger partial charge in [-0.3, -0.25) is 4.90 Å². The molecule has 0 radical (unpaired) electrons. The Labute approximate surface area is 155 Å². The Morgan fingerprint density at radius 3 is 2.81 bits per heavy atom. The van der Waals surface area contributed by atoms with E-state index in [9.17, 15) is 9.59 Å². The van der Waals surface area contributed by atoms with Gasteiger partial charge in [-0.2, -0.15) is 0 Å². The number of ether oxygens (including phenoxy) is 1. The lowest BCUT2D eigenvalue weighted by Crippen LogP contribution is -2.52. The summed E-state index contributed by atoms with van der Waals surface area (Å²) in [5.41, 5.74) is 3.45. The number of nitrogens with zero attached hydrogens (tertiary/aromatic N) is 2. The van der Waals surface area contributed by atoms with Crippen molar-refractivity contribution in [3.63, 3.8) is 0 Å². The SMILES string of the molecule is CCOC(=O)N1CC[C@@]2(CCC=O)c3ccccc3N(CC=C(C)C)[C@@H]12. The number of amides is 1. The lowest BCUT2D eigenvalue weighted by atomic mass is 9.75. The van der Waals surface area contributed by atoms with Crippen LogP contribution in [0, 0.1) is 0 Å². The van der Waals surface area contributed by atoms with Crippen molar-refractivity contribution < 1.29 is 14.3 Å². The van der Waals surface area contributed by atoms with E-state index in [1.54, 1.807) is 0 Å². The lowest BCUT2D eigenvalue weighted by molar-refractivity contribution is -0.108. The highest BCUT2D eigenvalue weighted by atomic mass is 16.6. The Hall–Kier alpha value is -2.30. The standard InChI is InChI=1S/C21H28N2O3/c1-4-26-20(25)23-14-12-21(11-7-15-24)17-8-5-6-9-18(17)22(19(21)23)13-10-16(2)3/h5-6,8-10,15,19H,4,7,11-14H2,1-3H3/t19-,21-/m0/s1. The molecule has 1 amide bonds. The van der Waals surface area contributed by atoms with Gasteiger partial charge >= 0.3 is 6.09 Å². The van der Waals surface area contributed by atoms with E-state index in [4.69, 9.17) is 4.74 Å². The number of hydrogen-bond donors (Lipinski definition) is 0. The first-order chi connectivity index (χ1) is 12.5. The third-order valence-electron chi connectivity index (χ3n) is 5.54. The molecule has 0 aliphatic carbocycles. The zero-order chi connectivity index (χ0) is 18.7. The first-order valence-electron chi connectivity index (χ1n) is 9.41. The van der Waals surface area contributed by atoms with Gasteiger partial charge in [-0.25, -0.2) is 4.79 Å². The largest absolute Gasteiger partial charge is 0.450 e. The molecule has 0 aromatic heterocycles. The average molecular weight is 356 g/mol. The number of carbonyl (C=O) groups is 2. The third-order valence-corrected chi connectivity index (χ3v) is 5.54. The fourth-order valence-electron chi connectivity index (χ4n) is 4.47. The summed E-state index contributed by atoms with van der Waals surface area (Å²) in [6.45, 7) is 7.76. The maximum atomic E-state index is 12.6. The van der Waals surface area contributed by atoms with Crippen molar-refractivity contribution in [3.8, 4) is 0 Å². The number of carbonyl (C=O) groups excluding carboxylic acids is 2. The summed E-state index contributed by atoms with van der Waals surface area (Å²) in [5.74, 6) is 0. The van der Waals surface area contributed by atoms with Gasteiger partial charge in [0, 0.05) is 30.6 Å². The van der Waals surface area contributed by atoms with Crippen LogP contribution in [0.3, 0.4) is 0 Å². The Bertz CT molecular complexity index is 711. The maximum absolute atomic E-state index is 12.6. The van der Waals surface area contributed by atoms with Crippen molar-refractivity contribution in [2.45, 2.75) is 51.6 Å². The van der Waals surface area contributed by atoms with Crippen LogP contribution in [0.1, 0.15) is 45.6 Å². The van der Waals surface area contributed by atoms with Gasteiger partial charge in [-0.15, -0.1) is 0 Å². The Morgan fingerprint density at radius 2 is 2.12 bits per heavy atom. The second-order valence-electron chi connectivity index (χ2n) is 7.33. The minimum atomic E-state index is -0.263. The molecule has 3 rings (SSSR count). The molecule has 2 aliphatic heterocycles. The highest BCUT2D eigenvalue weighted by Crippen LogP contribution is 2.54. The van der Waals surface area contributed by atoms with Crippen LogP contribution in [0.4, 0.5) is 10.5 Å². The van der Waals surface area contributed by atoms with Crippen molar-refractivity contribution in [3.05, 3.63) is 41.5 Å². The van der Waals surface area contributed by atoms with Gasteiger partial charge in [0.05, 0.1) is 6.61 Å². The molecule has 1 saturated heterocycles. The van der Waals surface area contributed by atoms with Crippen LogP contribution < -0.4 is 4.90 Å². The summed E-state index contributed by atoms with van der Waals surface area (Å²) in [4.78, 5) is 27.9. The van der Waals surface area contributed by atoms with Crippen LogP contribution in [0.2, 0.25) is 0 Å². The van der Waals surface area contributed by atoms with E-state index in [2.05, 4.69) is 43.0 Å². The van der Waals surface area contributed by atoms with E-state index < -0.39 is 0 Å². The molecule has 0 saturated carbocycles. The fourth-order valence-corrected chi connectivity index (χ4v) is 4.47. The molecular weight excluding hydrogens is 328 g/mol. The minimum Gasteiger partial charge on any atom is -0.450 e. The lowest BCUT2D eigenvalue weighted by Gasteiger charge is -2.37. The van der Waals surface area contributed by atoms with Crippen molar-refractivity contribution in [1.82, 2.24) is 4.90 Å². The van der Waals surface area contributed by atoms with Gasteiger partial charge in [0.15, 0.2) is 0 Å². The second-order valence-corrected chi connectivity index (χ2v) is 7.33. The smallest absolute Gasteiger partial charge is 0.411 e. The highest BCUT2D eigenvalue weighted by molar-refractivity contribution is 5.74. The monoisotopic (exact) mass is 356 g/mol. The minimum absolute atomic E-state index is 0.102. The Morgan fingerprint density at radius 1 is 1.35 bits per heavy atom. The molecule has 2 heterocycles. The summed E-state index contributed by atoms with van der Waals surface area (Å²) < 4.78 is 5.33. The first kappa shape index (κ1) is 18.5. The second kappa shape index (κ2) is 7.52. The van der Waals surface area contributed by atoms with E-state index in [1.807, 2.05) is 17.9 Å². The summed E-state index contributed by atoms with van der Waals surface area (Å²) in [5, 5.41) is 0. The van der Waals surface area contributed by atoms with E-state index in [1.165, 1.54) is 11.1 Å². The van der Waals surface area contributed by atoms with Crippen LogP contribution >= 0.6 is 0 Å². The number of aldehydes is 1. The van der Waals surface area contributed by atoms with Gasteiger partial charge < -0.3 is 14.4 Å². The number of para-hydroxylation sites is 1. The van der Waals surface area contributed by atoms with Crippen LogP contribution in [0.5, 0.6) is 0 Å². The van der Waals surface area contributed by atoms with Gasteiger partial charge in [0.2, 0.25) is 0 Å². The molecule has 5 nitrogen and oxygen atoms in total. The zero-order valence-corrected chi connectivity index (χ0v) is 15.9. The normalized spacial score (nSPS) is 23.4. The van der Waals surface area contributed by atoms with E-state index in [0.29, 0.717) is 19.6 Å². The molecule has 2 atom stereocenters. The van der Waals surface area contributed by atoms with Crippen LogP contribution in [-0.4, -0.2) is 43.1 Å². The third kappa shape index (κ3) is 3.00. The molecule has 2 aliphatic rings. The van der Waals surface area contributed by atoms with Crippen LogP contribution in [-0.2, 0) is 14.9 Å². The van der Waals surface area contributed by atoms with Crippen LogP contribution in [0.25, 0.3) is 0 Å². The quantitative estimate of drug-likeness (QED) is 0.573. The van der Waals surface area contributed by atoms with Crippen molar-refractivity contribution in [2.24, 2.45) is 0 Å². The average Bonchev–Trinajstić information content (AvgIpc) is 3.12. The van der Waals surface area contributed by atoms with Crippen molar-refractivity contribution >= 4 is 18.1 Å². The number of fused-ring (bicyclic) bond motifs is 3. The summed E-state index contributed by atoms with van der Waals surface area (Å²) in [7, 11) is 0. The number of anilines is 1. The Kier molecular flexibility index (Phi) is 5.35. The van der Waals surface area contributed by atoms with Crippen molar-refractivity contribution in [2.75, 3.05) is 24.6 Å².